The summed E-state index contributed by atoms with van der Waals surface area (Å²) in [5, 5.41) is 9.91. The van der Waals surface area contributed by atoms with Gasteiger partial charge in [-0.1, -0.05) is 13.0 Å². The van der Waals surface area contributed by atoms with Crippen LogP contribution in [0.5, 0.6) is 0 Å². The van der Waals surface area contributed by atoms with Crippen LogP contribution in [0, 0.1) is 6.92 Å². The van der Waals surface area contributed by atoms with Gasteiger partial charge in [0.2, 0.25) is 0 Å². The molecule has 0 rings (SSSR count). The standard InChI is InChI=1S/C5H8O/c1-3-4-5(2)6/h1,4,6H,3H2,2H3/p-1/b5-4+. The lowest BCUT2D eigenvalue weighted by Gasteiger charge is -1.98. The Balaban J connectivity index is 3.14. The van der Waals surface area contributed by atoms with Crippen LogP contribution in [0.2, 0.25) is 0 Å². The second-order valence-electron chi connectivity index (χ2n) is 1.05. The van der Waals surface area contributed by atoms with E-state index in [1.54, 1.807) is 0 Å². The molecule has 6 heavy (non-hydrogen) atoms. The van der Waals surface area contributed by atoms with Gasteiger partial charge in [0.1, 0.15) is 0 Å². The summed E-state index contributed by atoms with van der Waals surface area (Å²) >= 11 is 0. The van der Waals surface area contributed by atoms with E-state index < -0.39 is 0 Å². The molecular weight excluding hydrogens is 76.1 g/mol. The second kappa shape index (κ2) is 2.76. The molecule has 1 nitrogen and oxygen atoms in total. The minimum absolute atomic E-state index is 0.0394. The highest BCUT2D eigenvalue weighted by atomic mass is 16.3. The summed E-state index contributed by atoms with van der Waals surface area (Å²) in [6.45, 7) is 6.43. The molecule has 34 valence electrons. The van der Waals surface area contributed by atoms with Gasteiger partial charge in [0.05, 0.1) is 0 Å². The second-order valence-corrected chi connectivity index (χ2v) is 1.05. The van der Waals surface area contributed by atoms with Crippen LogP contribution in [0.25, 0.3) is 0 Å². The van der Waals surface area contributed by atoms with Crippen molar-refractivity contribution in [3.05, 3.63) is 18.8 Å². The summed E-state index contributed by atoms with van der Waals surface area (Å²) in [6, 6.07) is 0. The van der Waals surface area contributed by atoms with Gasteiger partial charge in [-0.25, -0.2) is 0 Å². The first-order chi connectivity index (χ1) is 2.77. The fourth-order valence-corrected chi connectivity index (χ4v) is 0.166. The molecule has 0 fully saturated rings. The lowest BCUT2D eigenvalue weighted by molar-refractivity contribution is -0.302. The third-order valence-corrected chi connectivity index (χ3v) is 0.405. The zero-order valence-corrected chi connectivity index (χ0v) is 3.77. The predicted molar refractivity (Wildman–Crippen MR) is 22.7 cm³/mol. The van der Waals surface area contributed by atoms with E-state index in [1.807, 2.05) is 0 Å². The highest BCUT2D eigenvalue weighted by molar-refractivity contribution is 4.83. The summed E-state index contributed by atoms with van der Waals surface area (Å²) in [5.41, 5.74) is 0. The molecule has 2 radical (unpaired) electrons. The fourth-order valence-electron chi connectivity index (χ4n) is 0.166. The Labute approximate surface area is 38.3 Å². The lowest BCUT2D eigenvalue weighted by Crippen LogP contribution is -1.96. The molecule has 0 N–H and O–H groups in total. The maximum atomic E-state index is 9.91. The van der Waals surface area contributed by atoms with Crippen molar-refractivity contribution in [2.75, 3.05) is 0 Å². The van der Waals surface area contributed by atoms with Gasteiger partial charge in [0, 0.05) is 0 Å². The van der Waals surface area contributed by atoms with E-state index in [0.717, 1.165) is 0 Å². The maximum Gasteiger partial charge on any atom is -0.0311 e. The average molecular weight is 83.1 g/mol. The first kappa shape index (κ1) is 5.54. The molecule has 0 aliphatic carbocycles. The smallest absolute Gasteiger partial charge is 0.0311 e. The van der Waals surface area contributed by atoms with E-state index in [2.05, 4.69) is 0 Å². The van der Waals surface area contributed by atoms with Crippen LogP contribution in [0.3, 0.4) is 0 Å². The molecule has 0 bridgehead atoms. The number of hydrogen-bond acceptors (Lipinski definition) is 1. The third kappa shape index (κ3) is 3.54. The molecule has 0 spiro atoms. The Kier molecular flexibility index (Phi) is 2.55. The van der Waals surface area contributed by atoms with Crippen molar-refractivity contribution in [2.45, 2.75) is 13.3 Å². The molecule has 0 aliphatic rings. The largest absolute Gasteiger partial charge is 0.876 e. The van der Waals surface area contributed by atoms with Crippen LogP contribution in [0.15, 0.2) is 11.8 Å². The van der Waals surface area contributed by atoms with Gasteiger partial charge < -0.3 is 5.11 Å². The Morgan fingerprint density at radius 3 is 2.50 bits per heavy atom. The maximum absolute atomic E-state index is 9.91. The van der Waals surface area contributed by atoms with Crippen LogP contribution in [-0.4, -0.2) is 0 Å². The lowest BCUT2D eigenvalue weighted by atomic mass is 10.4. The van der Waals surface area contributed by atoms with Crippen LogP contribution < -0.4 is 5.11 Å². The molecule has 0 aromatic heterocycles. The number of rotatable bonds is 1. The van der Waals surface area contributed by atoms with Crippen molar-refractivity contribution in [3.8, 4) is 0 Å². The monoisotopic (exact) mass is 83.1 g/mol. The van der Waals surface area contributed by atoms with E-state index in [9.17, 15) is 5.11 Å². The van der Waals surface area contributed by atoms with Gasteiger partial charge in [-0.05, 0) is 13.3 Å². The quantitative estimate of drug-likeness (QED) is 0.419. The zero-order chi connectivity index (χ0) is 4.99. The van der Waals surface area contributed by atoms with Crippen LogP contribution in [0.4, 0.5) is 0 Å². The van der Waals surface area contributed by atoms with Crippen molar-refractivity contribution < 1.29 is 5.11 Å². The molecule has 0 saturated carbocycles. The summed E-state index contributed by atoms with van der Waals surface area (Å²) in [4.78, 5) is 0. The van der Waals surface area contributed by atoms with E-state index in [1.165, 1.54) is 13.0 Å². The highest BCUT2D eigenvalue weighted by Gasteiger charge is 1.59. The van der Waals surface area contributed by atoms with Gasteiger partial charge in [-0.3, -0.25) is 0 Å². The Morgan fingerprint density at radius 1 is 2.00 bits per heavy atom. The van der Waals surface area contributed by atoms with Gasteiger partial charge in [-0.15, -0.1) is 5.76 Å². The summed E-state index contributed by atoms with van der Waals surface area (Å²) in [7, 11) is 0. The molecule has 0 aromatic carbocycles. The van der Waals surface area contributed by atoms with E-state index in [-0.39, 0.29) is 5.76 Å². The van der Waals surface area contributed by atoms with E-state index in [0.29, 0.717) is 6.42 Å². The van der Waals surface area contributed by atoms with E-state index in [4.69, 9.17) is 6.92 Å². The van der Waals surface area contributed by atoms with E-state index >= 15 is 0 Å². The molecule has 0 aromatic rings. The Hall–Kier alpha value is -0.460. The summed E-state index contributed by atoms with van der Waals surface area (Å²) in [6.07, 6.45) is 1.79. The van der Waals surface area contributed by atoms with Crippen LogP contribution >= 0.6 is 0 Å². The van der Waals surface area contributed by atoms with Crippen LogP contribution in [0.1, 0.15) is 13.3 Å². The predicted octanol–water partition coefficient (Wildman–Crippen LogP) is 0.352. The van der Waals surface area contributed by atoms with Gasteiger partial charge in [0.25, 0.3) is 0 Å². The Morgan fingerprint density at radius 2 is 2.50 bits per heavy atom. The summed E-state index contributed by atoms with van der Waals surface area (Å²) < 4.78 is 0. The Bertz CT molecular complexity index is 51.0. The number of allylic oxidation sites excluding steroid dienone is 2. The number of hydrogen-bond donors (Lipinski definition) is 0. The first-order valence-electron chi connectivity index (χ1n) is 1.81. The third-order valence-electron chi connectivity index (χ3n) is 0.405. The first-order valence-corrected chi connectivity index (χ1v) is 1.81. The van der Waals surface area contributed by atoms with Crippen molar-refractivity contribution in [1.29, 1.82) is 0 Å². The average Bonchev–Trinajstić information content (AvgIpc) is 1.35. The van der Waals surface area contributed by atoms with Gasteiger partial charge in [-0.2, -0.15) is 0 Å². The molecule has 0 aliphatic heterocycles. The normalized spacial score (nSPS) is 12.0. The van der Waals surface area contributed by atoms with Crippen molar-refractivity contribution in [2.24, 2.45) is 0 Å². The SMILES string of the molecule is [CH]C/C=C(\C)[O-]. The molecule has 0 amide bonds. The van der Waals surface area contributed by atoms with Crippen molar-refractivity contribution >= 4 is 0 Å². The molecule has 0 heterocycles. The molecule has 0 unspecified atom stereocenters. The minimum Gasteiger partial charge on any atom is -0.876 e. The summed E-state index contributed by atoms with van der Waals surface area (Å²) in [5.74, 6) is 0.0394. The van der Waals surface area contributed by atoms with Crippen LogP contribution in [-0.2, 0) is 0 Å². The minimum atomic E-state index is 0.0394. The van der Waals surface area contributed by atoms with Crippen molar-refractivity contribution in [1.82, 2.24) is 0 Å². The molecule has 0 saturated heterocycles. The molecule has 0 atom stereocenters. The highest BCUT2D eigenvalue weighted by Crippen LogP contribution is 1.80. The molecular formula is C5H7O-. The molecule has 1 heteroatoms. The van der Waals surface area contributed by atoms with Gasteiger partial charge >= 0.3 is 0 Å². The fraction of sp³-hybridized carbons (Fsp3) is 0.400. The van der Waals surface area contributed by atoms with Crippen molar-refractivity contribution in [3.63, 3.8) is 0 Å². The van der Waals surface area contributed by atoms with Gasteiger partial charge in [0.15, 0.2) is 0 Å². The zero-order valence-electron chi connectivity index (χ0n) is 3.77. The topological polar surface area (TPSA) is 23.1 Å².